The zero-order valence-corrected chi connectivity index (χ0v) is 19.9. The number of carbonyl (C=O) groups excluding carboxylic acids is 2. The molecule has 0 aliphatic carbocycles. The maximum absolute atomic E-state index is 12.2. The van der Waals surface area contributed by atoms with Gasteiger partial charge in [0.2, 0.25) is 5.91 Å². The Bertz CT molecular complexity index is 1110. The molecule has 0 bridgehead atoms. The summed E-state index contributed by atoms with van der Waals surface area (Å²) in [4.78, 5) is 28.6. The van der Waals surface area contributed by atoms with Crippen molar-refractivity contribution in [3.05, 3.63) is 64.1 Å². The molecule has 33 heavy (non-hydrogen) atoms. The Morgan fingerprint density at radius 1 is 1.03 bits per heavy atom. The summed E-state index contributed by atoms with van der Waals surface area (Å²) in [5.74, 6) is 1.27. The molecular formula is C23H25ClN4O4S. The summed E-state index contributed by atoms with van der Waals surface area (Å²) in [5, 5.41) is 11.1. The quantitative estimate of drug-likeness (QED) is 0.382. The van der Waals surface area contributed by atoms with Crippen LogP contribution in [0.1, 0.15) is 17.7 Å². The number of methoxy groups -OCH3 is 2. The molecule has 174 valence electrons. The van der Waals surface area contributed by atoms with Gasteiger partial charge in [-0.1, -0.05) is 23.7 Å². The number of nitrogens with zero attached hydrogens (tertiary/aromatic N) is 1. The highest BCUT2D eigenvalue weighted by atomic mass is 35.5. The van der Waals surface area contributed by atoms with Crippen molar-refractivity contribution in [2.45, 2.75) is 19.3 Å². The molecule has 0 spiro atoms. The van der Waals surface area contributed by atoms with Gasteiger partial charge in [0.15, 0.2) is 16.6 Å². The fourth-order valence-electron chi connectivity index (χ4n) is 3.02. The molecule has 0 radical (unpaired) electrons. The maximum atomic E-state index is 12.2. The summed E-state index contributed by atoms with van der Waals surface area (Å²) in [5.41, 5.74) is 2.37. The van der Waals surface area contributed by atoms with Crippen molar-refractivity contribution < 1.29 is 19.1 Å². The van der Waals surface area contributed by atoms with Crippen LogP contribution in [0.2, 0.25) is 5.02 Å². The monoisotopic (exact) mass is 488 g/mol. The summed E-state index contributed by atoms with van der Waals surface area (Å²) in [6.07, 6.45) is 1.47. The van der Waals surface area contributed by atoms with E-state index in [4.69, 9.17) is 21.1 Å². The number of aromatic nitrogens is 1. The van der Waals surface area contributed by atoms with Gasteiger partial charge in [-0.25, -0.2) is 9.78 Å². The number of benzene rings is 2. The largest absolute Gasteiger partial charge is 0.493 e. The van der Waals surface area contributed by atoms with E-state index in [0.29, 0.717) is 53.1 Å². The molecule has 2 aromatic carbocycles. The highest BCUT2D eigenvalue weighted by Crippen LogP contribution is 2.27. The topological polar surface area (TPSA) is 102 Å². The first-order valence-corrected chi connectivity index (χ1v) is 11.5. The fourth-order valence-corrected chi connectivity index (χ4v) is 3.95. The molecule has 0 aliphatic heterocycles. The third kappa shape index (κ3) is 7.65. The number of hydrogen-bond donors (Lipinski definition) is 3. The zero-order chi connectivity index (χ0) is 23.6. The van der Waals surface area contributed by atoms with Crippen LogP contribution in [0, 0.1) is 0 Å². The SMILES string of the molecule is COc1ccc(CCNC(=O)CCc2csc(NC(=O)Nc3cccc(Cl)c3)n2)cc1OC. The van der Waals surface area contributed by atoms with E-state index in [1.165, 1.54) is 11.3 Å². The van der Waals surface area contributed by atoms with E-state index in [1.54, 1.807) is 38.5 Å². The van der Waals surface area contributed by atoms with Crippen molar-refractivity contribution >= 4 is 45.7 Å². The van der Waals surface area contributed by atoms with Gasteiger partial charge in [0.1, 0.15) is 0 Å². The Labute approximate surface area is 201 Å². The van der Waals surface area contributed by atoms with Crippen molar-refractivity contribution in [1.82, 2.24) is 10.3 Å². The van der Waals surface area contributed by atoms with Gasteiger partial charge in [-0.05, 0) is 48.7 Å². The number of anilines is 2. The number of ether oxygens (including phenoxy) is 2. The Hall–Kier alpha value is -3.30. The summed E-state index contributed by atoms with van der Waals surface area (Å²) < 4.78 is 10.5. The lowest BCUT2D eigenvalue weighted by Crippen LogP contribution is -2.25. The predicted octanol–water partition coefficient (Wildman–Crippen LogP) is 4.75. The summed E-state index contributed by atoms with van der Waals surface area (Å²) in [6.45, 7) is 0.516. The number of nitrogens with one attached hydrogen (secondary N) is 3. The van der Waals surface area contributed by atoms with Crippen LogP contribution in [-0.4, -0.2) is 37.7 Å². The number of halogens is 1. The Morgan fingerprint density at radius 2 is 1.85 bits per heavy atom. The van der Waals surface area contributed by atoms with E-state index in [9.17, 15) is 9.59 Å². The second kappa shape index (κ2) is 12.1. The van der Waals surface area contributed by atoms with Gasteiger partial charge in [-0.15, -0.1) is 11.3 Å². The predicted molar refractivity (Wildman–Crippen MR) is 131 cm³/mol. The van der Waals surface area contributed by atoms with Crippen LogP contribution < -0.4 is 25.4 Å². The summed E-state index contributed by atoms with van der Waals surface area (Å²) in [7, 11) is 3.18. The maximum Gasteiger partial charge on any atom is 0.325 e. The van der Waals surface area contributed by atoms with Crippen LogP contribution in [0.5, 0.6) is 11.5 Å². The van der Waals surface area contributed by atoms with E-state index in [-0.39, 0.29) is 5.91 Å². The van der Waals surface area contributed by atoms with Crippen LogP contribution >= 0.6 is 22.9 Å². The second-order valence-corrected chi connectivity index (χ2v) is 8.32. The van der Waals surface area contributed by atoms with E-state index in [1.807, 2.05) is 23.6 Å². The number of carbonyl (C=O) groups is 2. The molecule has 0 atom stereocenters. The average molecular weight is 489 g/mol. The van der Waals surface area contributed by atoms with Crippen molar-refractivity contribution in [3.63, 3.8) is 0 Å². The fraction of sp³-hybridized carbons (Fsp3) is 0.261. The molecule has 10 heteroatoms. The minimum absolute atomic E-state index is 0.0586. The molecule has 0 fully saturated rings. The Kier molecular flexibility index (Phi) is 8.91. The molecule has 0 saturated carbocycles. The molecule has 3 amide bonds. The normalized spacial score (nSPS) is 10.4. The highest BCUT2D eigenvalue weighted by Gasteiger charge is 2.10. The molecule has 0 unspecified atom stereocenters. The molecule has 3 rings (SSSR count). The lowest BCUT2D eigenvalue weighted by Gasteiger charge is -2.10. The lowest BCUT2D eigenvalue weighted by molar-refractivity contribution is -0.121. The first kappa shape index (κ1) is 24.3. The summed E-state index contributed by atoms with van der Waals surface area (Å²) in [6, 6.07) is 12.1. The minimum atomic E-state index is -0.411. The van der Waals surface area contributed by atoms with Crippen LogP contribution in [-0.2, 0) is 17.6 Å². The van der Waals surface area contributed by atoms with Gasteiger partial charge in [0.05, 0.1) is 19.9 Å². The third-order valence-corrected chi connectivity index (χ3v) is 5.69. The Morgan fingerprint density at radius 3 is 2.61 bits per heavy atom. The van der Waals surface area contributed by atoms with Crippen molar-refractivity contribution in [3.8, 4) is 11.5 Å². The molecule has 0 saturated heterocycles. The molecule has 1 aromatic heterocycles. The van der Waals surface area contributed by atoms with Gasteiger partial charge < -0.3 is 20.1 Å². The average Bonchev–Trinajstić information content (AvgIpc) is 3.24. The number of amides is 3. The number of urea groups is 1. The van der Waals surface area contributed by atoms with Gasteiger partial charge in [-0.3, -0.25) is 10.1 Å². The number of rotatable bonds is 10. The van der Waals surface area contributed by atoms with Crippen LogP contribution in [0.25, 0.3) is 0 Å². The van der Waals surface area contributed by atoms with E-state index >= 15 is 0 Å². The number of hydrogen-bond acceptors (Lipinski definition) is 6. The molecule has 0 aliphatic rings. The van der Waals surface area contributed by atoms with E-state index in [2.05, 4.69) is 20.9 Å². The van der Waals surface area contributed by atoms with Gasteiger partial charge in [0, 0.05) is 29.1 Å². The molecule has 3 aromatic rings. The standard InChI is InChI=1S/C23H25ClN4O4S/c1-31-19-8-6-15(12-20(19)32-2)10-11-25-21(29)9-7-18-14-33-23(27-18)28-22(30)26-17-5-3-4-16(24)13-17/h3-6,8,12-14H,7,9-11H2,1-2H3,(H,25,29)(H2,26,27,28,30). The van der Waals surface area contributed by atoms with Gasteiger partial charge >= 0.3 is 6.03 Å². The van der Waals surface area contributed by atoms with Crippen molar-refractivity contribution in [2.75, 3.05) is 31.4 Å². The minimum Gasteiger partial charge on any atom is -0.493 e. The summed E-state index contributed by atoms with van der Waals surface area (Å²) >= 11 is 7.22. The van der Waals surface area contributed by atoms with Crippen LogP contribution in [0.4, 0.5) is 15.6 Å². The van der Waals surface area contributed by atoms with Crippen molar-refractivity contribution in [1.29, 1.82) is 0 Å². The van der Waals surface area contributed by atoms with Gasteiger partial charge in [-0.2, -0.15) is 0 Å². The van der Waals surface area contributed by atoms with E-state index < -0.39 is 6.03 Å². The van der Waals surface area contributed by atoms with Crippen LogP contribution in [0.3, 0.4) is 0 Å². The zero-order valence-electron chi connectivity index (χ0n) is 18.3. The lowest BCUT2D eigenvalue weighted by atomic mass is 10.1. The second-order valence-electron chi connectivity index (χ2n) is 7.02. The first-order chi connectivity index (χ1) is 16.0. The molecule has 3 N–H and O–H groups in total. The smallest absolute Gasteiger partial charge is 0.325 e. The highest BCUT2D eigenvalue weighted by molar-refractivity contribution is 7.13. The molecular weight excluding hydrogens is 464 g/mol. The molecule has 8 nitrogen and oxygen atoms in total. The van der Waals surface area contributed by atoms with Crippen molar-refractivity contribution in [2.24, 2.45) is 0 Å². The van der Waals surface area contributed by atoms with Crippen LogP contribution in [0.15, 0.2) is 47.8 Å². The number of thiazole rings is 1. The Balaban J connectivity index is 1.39. The third-order valence-electron chi connectivity index (χ3n) is 4.65. The van der Waals surface area contributed by atoms with E-state index in [0.717, 1.165) is 11.3 Å². The van der Waals surface area contributed by atoms with Gasteiger partial charge in [0.25, 0.3) is 0 Å². The first-order valence-electron chi connectivity index (χ1n) is 10.2. The molecule has 1 heterocycles. The number of aryl methyl sites for hydroxylation is 1.